The summed E-state index contributed by atoms with van der Waals surface area (Å²) >= 11 is 0. The van der Waals surface area contributed by atoms with Crippen LogP contribution in [0.4, 0.5) is 8.78 Å². The maximum Gasteiger partial charge on any atom is 0.272 e. The highest BCUT2D eigenvalue weighted by Gasteiger charge is 2.20. The molecule has 1 unspecified atom stereocenters. The summed E-state index contributed by atoms with van der Waals surface area (Å²) in [4.78, 5) is 0. The number of rotatable bonds is 5. The molecule has 1 aromatic carbocycles. The van der Waals surface area contributed by atoms with E-state index in [0.717, 1.165) is 11.1 Å². The van der Waals surface area contributed by atoms with Crippen molar-refractivity contribution < 1.29 is 18.8 Å². The van der Waals surface area contributed by atoms with E-state index >= 15 is 0 Å². The zero-order valence-corrected chi connectivity index (χ0v) is 12.3. The van der Waals surface area contributed by atoms with Gasteiger partial charge in [0.15, 0.2) is 0 Å². The van der Waals surface area contributed by atoms with Crippen molar-refractivity contribution in [1.82, 2.24) is 0 Å². The van der Waals surface area contributed by atoms with Crippen LogP contribution in [0.3, 0.4) is 0 Å². The first kappa shape index (κ1) is 15.9. The fraction of sp³-hybridized carbons (Fsp3) is 0.600. The molecular formula is C15H24F2NO+. The van der Waals surface area contributed by atoms with Crippen molar-refractivity contribution in [2.24, 2.45) is 0 Å². The number of benzene rings is 1. The molecule has 0 aliphatic carbocycles. The fourth-order valence-electron chi connectivity index (χ4n) is 2.13. The number of quaternary nitrogens is 1. The Morgan fingerprint density at radius 1 is 1.21 bits per heavy atom. The van der Waals surface area contributed by atoms with Crippen LogP contribution in [0.25, 0.3) is 0 Å². The standard InChI is InChI=1S/C15H23F2NO/c1-10-6-12(11(2)18-15(3,4)5)8-13(7-10)19-9-14(16)17/h6-8,11,14,18H,9H2,1-5H3/p+1. The minimum atomic E-state index is -2.44. The molecule has 0 bridgehead atoms. The van der Waals surface area contributed by atoms with Crippen LogP contribution in [0, 0.1) is 6.92 Å². The molecule has 4 heteroatoms. The SMILES string of the molecule is Cc1cc(OCC(F)F)cc(C(C)[NH2+]C(C)(C)C)c1. The molecule has 1 aromatic rings. The Balaban J connectivity index is 2.83. The lowest BCUT2D eigenvalue weighted by Gasteiger charge is -2.23. The number of ether oxygens (including phenoxy) is 1. The van der Waals surface area contributed by atoms with E-state index in [1.807, 2.05) is 13.0 Å². The van der Waals surface area contributed by atoms with Crippen molar-refractivity contribution in [2.75, 3.05) is 6.61 Å². The quantitative estimate of drug-likeness (QED) is 0.876. The fourth-order valence-corrected chi connectivity index (χ4v) is 2.13. The van der Waals surface area contributed by atoms with E-state index in [0.29, 0.717) is 5.75 Å². The predicted octanol–water partition coefficient (Wildman–Crippen LogP) is 3.06. The van der Waals surface area contributed by atoms with Gasteiger partial charge in [-0.25, -0.2) is 8.78 Å². The molecule has 19 heavy (non-hydrogen) atoms. The van der Waals surface area contributed by atoms with Gasteiger partial charge in [-0.15, -0.1) is 0 Å². The molecule has 1 rings (SSSR count). The van der Waals surface area contributed by atoms with Gasteiger partial charge < -0.3 is 10.1 Å². The van der Waals surface area contributed by atoms with Gasteiger partial charge in [-0.3, -0.25) is 0 Å². The summed E-state index contributed by atoms with van der Waals surface area (Å²) in [6.07, 6.45) is -2.44. The molecule has 0 aliphatic rings. The largest absolute Gasteiger partial charge is 0.488 e. The minimum Gasteiger partial charge on any atom is -0.488 e. The van der Waals surface area contributed by atoms with Gasteiger partial charge in [0, 0.05) is 5.56 Å². The lowest BCUT2D eigenvalue weighted by Crippen LogP contribution is -2.94. The molecule has 0 aromatic heterocycles. The minimum absolute atomic E-state index is 0.118. The highest BCUT2D eigenvalue weighted by atomic mass is 19.3. The van der Waals surface area contributed by atoms with E-state index in [4.69, 9.17) is 4.74 Å². The Kier molecular flexibility index (Phi) is 5.29. The van der Waals surface area contributed by atoms with Crippen LogP contribution >= 0.6 is 0 Å². The number of hydrogen-bond acceptors (Lipinski definition) is 1. The summed E-state index contributed by atoms with van der Waals surface area (Å²) in [5.41, 5.74) is 2.24. The maximum atomic E-state index is 12.2. The topological polar surface area (TPSA) is 25.8 Å². The van der Waals surface area contributed by atoms with Gasteiger partial charge in [-0.05, 0) is 58.4 Å². The summed E-state index contributed by atoms with van der Waals surface area (Å²) in [7, 11) is 0. The lowest BCUT2D eigenvalue weighted by atomic mass is 10.0. The molecule has 0 fully saturated rings. The first-order valence-electron chi connectivity index (χ1n) is 6.56. The summed E-state index contributed by atoms with van der Waals surface area (Å²) in [6.45, 7) is 9.94. The van der Waals surface area contributed by atoms with Gasteiger partial charge in [0.05, 0.1) is 5.54 Å². The van der Waals surface area contributed by atoms with Crippen molar-refractivity contribution in [3.8, 4) is 5.75 Å². The predicted molar refractivity (Wildman–Crippen MR) is 72.8 cm³/mol. The highest BCUT2D eigenvalue weighted by Crippen LogP contribution is 2.21. The first-order chi connectivity index (χ1) is 8.67. The first-order valence-corrected chi connectivity index (χ1v) is 6.56. The Labute approximate surface area is 114 Å². The molecule has 0 radical (unpaired) electrons. The Bertz CT molecular complexity index is 413. The monoisotopic (exact) mass is 272 g/mol. The number of aryl methyl sites for hydroxylation is 1. The molecule has 1 atom stereocenters. The zero-order chi connectivity index (χ0) is 14.6. The zero-order valence-electron chi connectivity index (χ0n) is 12.3. The molecule has 2 nitrogen and oxygen atoms in total. The number of alkyl halides is 2. The normalized spacial score (nSPS) is 13.7. The maximum absolute atomic E-state index is 12.2. The summed E-state index contributed by atoms with van der Waals surface area (Å²) in [6, 6.07) is 5.97. The van der Waals surface area contributed by atoms with Gasteiger partial charge in [-0.1, -0.05) is 0 Å². The summed E-state index contributed by atoms with van der Waals surface area (Å²) in [5, 5.41) is 2.25. The van der Waals surface area contributed by atoms with Gasteiger partial charge in [0.2, 0.25) is 0 Å². The molecule has 108 valence electrons. The highest BCUT2D eigenvalue weighted by molar-refractivity contribution is 5.34. The molecule has 0 amide bonds. The second kappa shape index (κ2) is 6.33. The molecule has 2 N–H and O–H groups in total. The molecule has 0 spiro atoms. The molecular weight excluding hydrogens is 248 g/mol. The van der Waals surface area contributed by atoms with E-state index in [2.05, 4.69) is 39.1 Å². The van der Waals surface area contributed by atoms with Gasteiger partial charge in [0.25, 0.3) is 6.43 Å². The summed E-state index contributed by atoms with van der Waals surface area (Å²) in [5.74, 6) is 0.518. The van der Waals surface area contributed by atoms with E-state index in [-0.39, 0.29) is 11.6 Å². The van der Waals surface area contributed by atoms with Crippen molar-refractivity contribution >= 4 is 0 Å². The van der Waals surface area contributed by atoms with Crippen LogP contribution in [-0.4, -0.2) is 18.6 Å². The Hall–Kier alpha value is -1.16. The third-order valence-electron chi connectivity index (χ3n) is 2.72. The molecule has 0 aliphatic heterocycles. The van der Waals surface area contributed by atoms with Gasteiger partial charge >= 0.3 is 0 Å². The van der Waals surface area contributed by atoms with E-state index in [1.54, 1.807) is 6.07 Å². The average molecular weight is 272 g/mol. The molecule has 0 saturated heterocycles. The third kappa shape index (κ3) is 6.01. The van der Waals surface area contributed by atoms with Crippen LogP contribution in [0.1, 0.15) is 44.9 Å². The van der Waals surface area contributed by atoms with Crippen LogP contribution in [0.15, 0.2) is 18.2 Å². The lowest BCUT2D eigenvalue weighted by molar-refractivity contribution is -0.751. The smallest absolute Gasteiger partial charge is 0.272 e. The molecule has 0 saturated carbocycles. The summed E-state index contributed by atoms with van der Waals surface area (Å²) < 4.78 is 29.4. The van der Waals surface area contributed by atoms with Crippen LogP contribution in [-0.2, 0) is 0 Å². The van der Waals surface area contributed by atoms with Gasteiger partial charge in [-0.2, -0.15) is 0 Å². The second-order valence-corrected chi connectivity index (χ2v) is 6.10. The van der Waals surface area contributed by atoms with Crippen LogP contribution in [0.2, 0.25) is 0 Å². The third-order valence-corrected chi connectivity index (χ3v) is 2.72. The van der Waals surface area contributed by atoms with E-state index < -0.39 is 13.0 Å². The average Bonchev–Trinajstić information content (AvgIpc) is 2.23. The van der Waals surface area contributed by atoms with Crippen molar-refractivity contribution in [1.29, 1.82) is 0 Å². The van der Waals surface area contributed by atoms with Crippen molar-refractivity contribution in [2.45, 2.75) is 52.6 Å². The number of hydrogen-bond donors (Lipinski definition) is 1. The second-order valence-electron chi connectivity index (χ2n) is 6.10. The van der Waals surface area contributed by atoms with E-state index in [9.17, 15) is 8.78 Å². The Morgan fingerprint density at radius 2 is 1.84 bits per heavy atom. The molecule has 0 heterocycles. The van der Waals surface area contributed by atoms with Crippen LogP contribution in [0.5, 0.6) is 5.75 Å². The van der Waals surface area contributed by atoms with Gasteiger partial charge in [0.1, 0.15) is 18.4 Å². The Morgan fingerprint density at radius 3 is 2.37 bits per heavy atom. The number of halogens is 2. The van der Waals surface area contributed by atoms with E-state index in [1.165, 1.54) is 0 Å². The van der Waals surface area contributed by atoms with Crippen LogP contribution < -0.4 is 10.1 Å². The van der Waals surface area contributed by atoms with Crippen molar-refractivity contribution in [3.63, 3.8) is 0 Å². The number of nitrogens with two attached hydrogens (primary N) is 1. The van der Waals surface area contributed by atoms with Crippen molar-refractivity contribution in [3.05, 3.63) is 29.3 Å².